The standard InChI is InChI=1S/C22H26N4O2/c1-15(2)23-22(28)26-11-10-18-12-16(8-9-20(18)26)13-25-14-19(24-21(25)27)17-6-4-3-5-7-17/h3-9,12,15,19H,10-11,13-14H2,1-2H3,(H,23,28)(H,24,27)/t19-/m1/s1. The molecule has 1 atom stereocenters. The molecule has 1 saturated heterocycles. The summed E-state index contributed by atoms with van der Waals surface area (Å²) in [6, 6.07) is 16.2. The highest BCUT2D eigenvalue weighted by atomic mass is 16.2. The average Bonchev–Trinajstić information content (AvgIpc) is 3.25. The third-order valence-corrected chi connectivity index (χ3v) is 5.26. The number of hydrogen-bond donors (Lipinski definition) is 2. The third-order valence-electron chi connectivity index (χ3n) is 5.26. The fourth-order valence-electron chi connectivity index (χ4n) is 3.91. The summed E-state index contributed by atoms with van der Waals surface area (Å²) in [5.41, 5.74) is 4.35. The molecule has 0 spiro atoms. The molecule has 4 rings (SSSR count). The highest BCUT2D eigenvalue weighted by Crippen LogP contribution is 2.30. The maximum absolute atomic E-state index is 12.4. The fourth-order valence-corrected chi connectivity index (χ4v) is 3.91. The van der Waals surface area contributed by atoms with Crippen molar-refractivity contribution >= 4 is 17.7 Å². The van der Waals surface area contributed by atoms with Crippen LogP contribution >= 0.6 is 0 Å². The van der Waals surface area contributed by atoms with Crippen molar-refractivity contribution in [3.63, 3.8) is 0 Å². The number of fused-ring (bicyclic) bond motifs is 1. The van der Waals surface area contributed by atoms with Crippen molar-refractivity contribution in [3.8, 4) is 0 Å². The van der Waals surface area contributed by atoms with Gasteiger partial charge in [0.15, 0.2) is 0 Å². The maximum Gasteiger partial charge on any atom is 0.322 e. The summed E-state index contributed by atoms with van der Waals surface area (Å²) < 4.78 is 0. The van der Waals surface area contributed by atoms with E-state index in [1.54, 1.807) is 4.90 Å². The predicted molar refractivity (Wildman–Crippen MR) is 109 cm³/mol. The van der Waals surface area contributed by atoms with Crippen molar-refractivity contribution in [1.82, 2.24) is 15.5 Å². The fraction of sp³-hybridized carbons (Fsp3) is 0.364. The molecule has 146 valence electrons. The van der Waals surface area contributed by atoms with Crippen LogP contribution in [0.5, 0.6) is 0 Å². The zero-order valence-electron chi connectivity index (χ0n) is 16.3. The lowest BCUT2D eigenvalue weighted by Crippen LogP contribution is -2.42. The van der Waals surface area contributed by atoms with Crippen LogP contribution in [0.4, 0.5) is 15.3 Å². The van der Waals surface area contributed by atoms with Crippen LogP contribution in [-0.2, 0) is 13.0 Å². The molecule has 4 amide bonds. The highest BCUT2D eigenvalue weighted by molar-refractivity contribution is 5.94. The Bertz CT molecular complexity index is 881. The summed E-state index contributed by atoms with van der Waals surface area (Å²) in [6.45, 7) is 5.84. The van der Waals surface area contributed by atoms with Crippen molar-refractivity contribution in [3.05, 3.63) is 65.2 Å². The molecule has 0 aromatic heterocycles. The Morgan fingerprint density at radius 2 is 2.00 bits per heavy atom. The van der Waals surface area contributed by atoms with Crippen molar-refractivity contribution in [2.45, 2.75) is 38.9 Å². The second-order valence-electron chi connectivity index (χ2n) is 7.76. The zero-order valence-corrected chi connectivity index (χ0v) is 16.3. The molecular formula is C22H26N4O2. The van der Waals surface area contributed by atoms with Gasteiger partial charge in [0.05, 0.1) is 6.04 Å². The maximum atomic E-state index is 12.4. The van der Waals surface area contributed by atoms with E-state index < -0.39 is 0 Å². The number of carbonyl (C=O) groups is 2. The molecule has 2 aliphatic heterocycles. The number of carbonyl (C=O) groups excluding carboxylic acids is 2. The second-order valence-corrected chi connectivity index (χ2v) is 7.76. The lowest BCUT2D eigenvalue weighted by atomic mass is 10.1. The molecule has 2 aromatic carbocycles. The van der Waals surface area contributed by atoms with Crippen LogP contribution in [0, 0.1) is 0 Å². The van der Waals surface area contributed by atoms with Gasteiger partial charge < -0.3 is 15.5 Å². The minimum atomic E-state index is -0.0499. The van der Waals surface area contributed by atoms with Gasteiger partial charge in [-0.05, 0) is 43.0 Å². The van der Waals surface area contributed by atoms with Gasteiger partial charge in [0.1, 0.15) is 0 Å². The van der Waals surface area contributed by atoms with Crippen LogP contribution in [-0.4, -0.2) is 36.1 Å². The molecule has 0 aliphatic carbocycles. The van der Waals surface area contributed by atoms with Gasteiger partial charge in [-0.3, -0.25) is 4.90 Å². The van der Waals surface area contributed by atoms with Crippen molar-refractivity contribution in [2.24, 2.45) is 0 Å². The predicted octanol–water partition coefficient (Wildman–Crippen LogP) is 3.43. The Morgan fingerprint density at radius 3 is 2.75 bits per heavy atom. The van der Waals surface area contributed by atoms with Gasteiger partial charge in [-0.2, -0.15) is 0 Å². The van der Waals surface area contributed by atoms with Gasteiger partial charge in [0, 0.05) is 31.4 Å². The first-order chi connectivity index (χ1) is 13.5. The Balaban J connectivity index is 1.44. The van der Waals surface area contributed by atoms with Crippen molar-refractivity contribution in [2.75, 3.05) is 18.0 Å². The molecule has 6 nitrogen and oxygen atoms in total. The molecule has 1 fully saturated rings. The molecule has 0 radical (unpaired) electrons. The van der Waals surface area contributed by atoms with E-state index in [4.69, 9.17) is 0 Å². The number of nitrogens with one attached hydrogen (secondary N) is 2. The van der Waals surface area contributed by atoms with E-state index in [-0.39, 0.29) is 24.1 Å². The number of rotatable bonds is 4. The largest absolute Gasteiger partial charge is 0.336 e. The quantitative estimate of drug-likeness (QED) is 0.856. The highest BCUT2D eigenvalue weighted by Gasteiger charge is 2.30. The molecule has 6 heteroatoms. The molecule has 2 aromatic rings. The summed E-state index contributed by atoms with van der Waals surface area (Å²) in [6.07, 6.45) is 0.841. The minimum absolute atomic E-state index is 0.0262. The van der Waals surface area contributed by atoms with E-state index in [1.165, 1.54) is 0 Å². The molecule has 0 unspecified atom stereocenters. The lowest BCUT2D eigenvalue weighted by molar-refractivity contribution is 0.215. The number of urea groups is 2. The van der Waals surface area contributed by atoms with Crippen LogP contribution < -0.4 is 15.5 Å². The molecular weight excluding hydrogens is 352 g/mol. The molecule has 0 bridgehead atoms. The summed E-state index contributed by atoms with van der Waals surface area (Å²) in [5, 5.41) is 6.01. The van der Waals surface area contributed by atoms with Crippen LogP contribution in [0.1, 0.15) is 36.6 Å². The van der Waals surface area contributed by atoms with Gasteiger partial charge in [-0.25, -0.2) is 9.59 Å². The van der Waals surface area contributed by atoms with Crippen LogP contribution in [0.3, 0.4) is 0 Å². The first kappa shape index (κ1) is 18.3. The van der Waals surface area contributed by atoms with E-state index in [0.717, 1.165) is 28.8 Å². The first-order valence-electron chi connectivity index (χ1n) is 9.81. The van der Waals surface area contributed by atoms with Crippen LogP contribution in [0.15, 0.2) is 48.5 Å². The van der Waals surface area contributed by atoms with Gasteiger partial charge in [-0.1, -0.05) is 42.5 Å². The molecule has 2 aliphatic rings. The Hall–Kier alpha value is -3.02. The van der Waals surface area contributed by atoms with Gasteiger partial charge in [0.25, 0.3) is 0 Å². The Labute approximate surface area is 165 Å². The van der Waals surface area contributed by atoms with E-state index in [9.17, 15) is 9.59 Å². The summed E-state index contributed by atoms with van der Waals surface area (Å²) in [7, 11) is 0. The van der Waals surface area contributed by atoms with E-state index >= 15 is 0 Å². The zero-order chi connectivity index (χ0) is 19.7. The summed E-state index contributed by atoms with van der Waals surface area (Å²) in [5.74, 6) is 0. The number of anilines is 1. The normalized spacial score (nSPS) is 18.4. The number of amides is 4. The molecule has 2 heterocycles. The Morgan fingerprint density at radius 1 is 1.21 bits per heavy atom. The Kier molecular flexibility index (Phi) is 4.94. The van der Waals surface area contributed by atoms with Gasteiger partial charge >= 0.3 is 12.1 Å². The minimum Gasteiger partial charge on any atom is -0.336 e. The van der Waals surface area contributed by atoms with E-state index in [0.29, 0.717) is 19.6 Å². The van der Waals surface area contributed by atoms with Crippen LogP contribution in [0.25, 0.3) is 0 Å². The second kappa shape index (κ2) is 7.54. The average molecular weight is 378 g/mol. The summed E-state index contributed by atoms with van der Waals surface area (Å²) >= 11 is 0. The van der Waals surface area contributed by atoms with Crippen molar-refractivity contribution < 1.29 is 9.59 Å². The van der Waals surface area contributed by atoms with Crippen LogP contribution in [0.2, 0.25) is 0 Å². The summed E-state index contributed by atoms with van der Waals surface area (Å²) in [4.78, 5) is 28.4. The number of nitrogens with zero attached hydrogens (tertiary/aromatic N) is 2. The molecule has 28 heavy (non-hydrogen) atoms. The number of benzene rings is 2. The SMILES string of the molecule is CC(C)NC(=O)N1CCc2cc(CN3C[C@H](c4ccccc4)NC3=O)ccc21. The molecule has 0 saturated carbocycles. The smallest absolute Gasteiger partial charge is 0.322 e. The van der Waals surface area contributed by atoms with E-state index in [2.05, 4.69) is 16.7 Å². The van der Waals surface area contributed by atoms with E-state index in [1.807, 2.05) is 61.2 Å². The first-order valence-corrected chi connectivity index (χ1v) is 9.81. The molecule has 2 N–H and O–H groups in total. The van der Waals surface area contributed by atoms with Crippen molar-refractivity contribution in [1.29, 1.82) is 0 Å². The number of hydrogen-bond acceptors (Lipinski definition) is 2. The third kappa shape index (κ3) is 3.67. The topological polar surface area (TPSA) is 64.7 Å². The monoisotopic (exact) mass is 378 g/mol. The lowest BCUT2D eigenvalue weighted by Gasteiger charge is -2.20. The van der Waals surface area contributed by atoms with Gasteiger partial charge in [0.2, 0.25) is 0 Å². The van der Waals surface area contributed by atoms with Gasteiger partial charge in [-0.15, -0.1) is 0 Å².